The van der Waals surface area contributed by atoms with Crippen LogP contribution in [0.15, 0.2) is 46.3 Å². The average Bonchev–Trinajstić information content (AvgIpc) is 3.41. The number of aromatic nitrogens is 2. The smallest absolute Gasteiger partial charge is 0.257 e. The second-order valence-electron chi connectivity index (χ2n) is 6.22. The van der Waals surface area contributed by atoms with Gasteiger partial charge in [-0.15, -0.1) is 11.3 Å². The highest BCUT2D eigenvalue weighted by Crippen LogP contribution is 2.28. The van der Waals surface area contributed by atoms with E-state index < -0.39 is 0 Å². The molecule has 0 aliphatic carbocycles. The number of likely N-dealkylation sites (tertiary alicyclic amines) is 1. The first-order valence-electron chi connectivity index (χ1n) is 8.37. The Morgan fingerprint density at radius 1 is 1.31 bits per heavy atom. The Balaban J connectivity index is 1.42. The Kier molecular flexibility index (Phi) is 4.50. The number of benzene rings is 1. The molecule has 0 bridgehead atoms. The fourth-order valence-corrected chi connectivity index (χ4v) is 3.76. The lowest BCUT2D eigenvalue weighted by molar-refractivity contribution is -0.127. The third-order valence-corrected chi connectivity index (χ3v) is 5.43. The van der Waals surface area contributed by atoms with E-state index in [1.165, 1.54) is 4.88 Å². The Morgan fingerprint density at radius 2 is 2.15 bits per heavy atom. The van der Waals surface area contributed by atoms with Crippen molar-refractivity contribution in [1.29, 1.82) is 5.26 Å². The zero-order valence-electron chi connectivity index (χ0n) is 14.0. The number of carbonyl (C=O) groups excluding carboxylic acids is 1. The zero-order valence-corrected chi connectivity index (χ0v) is 14.8. The molecule has 3 aromatic rings. The van der Waals surface area contributed by atoms with Crippen LogP contribution in [-0.2, 0) is 11.2 Å². The predicted molar refractivity (Wildman–Crippen MR) is 96.4 cm³/mol. The summed E-state index contributed by atoms with van der Waals surface area (Å²) in [6, 6.07) is 13.2. The van der Waals surface area contributed by atoms with Gasteiger partial charge in [0.05, 0.1) is 11.6 Å². The molecule has 2 aromatic heterocycles. The van der Waals surface area contributed by atoms with Gasteiger partial charge in [-0.1, -0.05) is 11.2 Å². The van der Waals surface area contributed by atoms with Crippen LogP contribution in [0.4, 0.5) is 0 Å². The maximum absolute atomic E-state index is 12.3. The van der Waals surface area contributed by atoms with Crippen molar-refractivity contribution >= 4 is 17.2 Å². The van der Waals surface area contributed by atoms with Gasteiger partial charge in [0.2, 0.25) is 5.91 Å². The van der Waals surface area contributed by atoms with Crippen LogP contribution in [0.5, 0.6) is 0 Å². The summed E-state index contributed by atoms with van der Waals surface area (Å²) in [5, 5.41) is 15.0. The number of nitriles is 1. The van der Waals surface area contributed by atoms with Gasteiger partial charge in [0.15, 0.2) is 5.82 Å². The van der Waals surface area contributed by atoms with Crippen molar-refractivity contribution < 1.29 is 9.32 Å². The molecule has 6 nitrogen and oxygen atoms in total. The molecule has 1 aromatic carbocycles. The lowest BCUT2D eigenvalue weighted by Crippen LogP contribution is -2.27. The molecule has 26 heavy (non-hydrogen) atoms. The minimum Gasteiger partial charge on any atom is -0.342 e. The molecule has 7 heteroatoms. The molecular formula is C19H16N4O2S. The van der Waals surface area contributed by atoms with Crippen LogP contribution in [0.2, 0.25) is 0 Å². The molecule has 1 fully saturated rings. The van der Waals surface area contributed by atoms with E-state index in [1.54, 1.807) is 35.6 Å². The van der Waals surface area contributed by atoms with E-state index >= 15 is 0 Å². The fourth-order valence-electron chi connectivity index (χ4n) is 3.07. The topological polar surface area (TPSA) is 83.0 Å². The van der Waals surface area contributed by atoms with Gasteiger partial charge in [0.25, 0.3) is 5.89 Å². The first-order valence-corrected chi connectivity index (χ1v) is 9.25. The second-order valence-corrected chi connectivity index (χ2v) is 7.25. The predicted octanol–water partition coefficient (Wildman–Crippen LogP) is 3.23. The lowest BCUT2D eigenvalue weighted by Gasteiger charge is -2.15. The van der Waals surface area contributed by atoms with E-state index in [2.05, 4.69) is 22.3 Å². The highest BCUT2D eigenvalue weighted by Gasteiger charge is 2.33. The summed E-state index contributed by atoms with van der Waals surface area (Å²) in [6.07, 6.45) is 1.29. The third-order valence-electron chi connectivity index (χ3n) is 4.49. The number of rotatable bonds is 5. The highest BCUT2D eigenvalue weighted by molar-refractivity contribution is 7.09. The number of nitrogens with zero attached hydrogens (tertiary/aromatic N) is 4. The van der Waals surface area contributed by atoms with Crippen LogP contribution in [-0.4, -0.2) is 34.0 Å². The standard InChI is InChI=1S/C19H16N4O2S/c20-11-13-3-5-14(6-4-13)19-21-18(22-25-19)15-10-17(24)23(12-15)8-7-16-2-1-9-26-16/h1-6,9,15H,7-8,10,12H2. The van der Waals surface area contributed by atoms with Crippen molar-refractivity contribution in [3.05, 3.63) is 58.0 Å². The Bertz CT molecular complexity index is 941. The van der Waals surface area contributed by atoms with Gasteiger partial charge < -0.3 is 9.42 Å². The first-order chi connectivity index (χ1) is 12.7. The van der Waals surface area contributed by atoms with Gasteiger partial charge in [-0.05, 0) is 42.1 Å². The molecule has 0 N–H and O–H groups in total. The molecule has 3 heterocycles. The molecular weight excluding hydrogens is 348 g/mol. The van der Waals surface area contributed by atoms with Gasteiger partial charge in [0, 0.05) is 35.9 Å². The van der Waals surface area contributed by atoms with E-state index in [0.29, 0.717) is 30.2 Å². The number of hydrogen-bond acceptors (Lipinski definition) is 6. The monoisotopic (exact) mass is 364 g/mol. The van der Waals surface area contributed by atoms with Gasteiger partial charge in [-0.25, -0.2) is 0 Å². The molecule has 1 aliphatic rings. The summed E-state index contributed by atoms with van der Waals surface area (Å²) >= 11 is 1.71. The van der Waals surface area contributed by atoms with Gasteiger partial charge in [0.1, 0.15) is 0 Å². The highest BCUT2D eigenvalue weighted by atomic mass is 32.1. The van der Waals surface area contributed by atoms with Crippen LogP contribution >= 0.6 is 11.3 Å². The summed E-state index contributed by atoms with van der Waals surface area (Å²) < 4.78 is 5.35. The molecule has 1 aliphatic heterocycles. The van der Waals surface area contributed by atoms with Crippen LogP contribution in [0.3, 0.4) is 0 Å². The lowest BCUT2D eigenvalue weighted by atomic mass is 10.1. The Morgan fingerprint density at radius 3 is 2.88 bits per heavy atom. The van der Waals surface area contributed by atoms with Crippen LogP contribution < -0.4 is 0 Å². The molecule has 0 saturated carbocycles. The van der Waals surface area contributed by atoms with E-state index in [4.69, 9.17) is 9.78 Å². The zero-order chi connectivity index (χ0) is 17.9. The molecule has 0 spiro atoms. The number of amides is 1. The SMILES string of the molecule is N#Cc1ccc(-c2nc(C3CC(=O)N(CCc4cccs4)C3)no2)cc1. The number of carbonyl (C=O) groups is 1. The van der Waals surface area contributed by atoms with E-state index in [1.807, 2.05) is 16.3 Å². The number of hydrogen-bond donors (Lipinski definition) is 0. The van der Waals surface area contributed by atoms with Crippen molar-refractivity contribution in [1.82, 2.24) is 15.0 Å². The minimum atomic E-state index is -0.0401. The molecule has 1 unspecified atom stereocenters. The Hall–Kier alpha value is -2.98. The van der Waals surface area contributed by atoms with Crippen LogP contribution in [0, 0.1) is 11.3 Å². The molecule has 0 radical (unpaired) electrons. The van der Waals surface area contributed by atoms with Crippen LogP contribution in [0.25, 0.3) is 11.5 Å². The van der Waals surface area contributed by atoms with Crippen molar-refractivity contribution in [2.75, 3.05) is 13.1 Å². The molecule has 1 amide bonds. The van der Waals surface area contributed by atoms with Crippen LogP contribution in [0.1, 0.15) is 28.6 Å². The fraction of sp³-hybridized carbons (Fsp3) is 0.263. The van der Waals surface area contributed by atoms with Crippen molar-refractivity contribution in [2.24, 2.45) is 0 Å². The normalized spacial score (nSPS) is 16.8. The van der Waals surface area contributed by atoms with Gasteiger partial charge >= 0.3 is 0 Å². The van der Waals surface area contributed by atoms with Gasteiger partial charge in [-0.3, -0.25) is 4.79 Å². The van der Waals surface area contributed by atoms with Crippen molar-refractivity contribution in [3.63, 3.8) is 0 Å². The third kappa shape index (κ3) is 3.37. The van der Waals surface area contributed by atoms with E-state index in [-0.39, 0.29) is 11.8 Å². The summed E-state index contributed by atoms with van der Waals surface area (Å²) in [5.41, 5.74) is 1.35. The maximum atomic E-state index is 12.3. The summed E-state index contributed by atoms with van der Waals surface area (Å²) in [4.78, 5) is 19.9. The molecule has 1 saturated heterocycles. The first kappa shape index (κ1) is 16.5. The van der Waals surface area contributed by atoms with E-state index in [9.17, 15) is 4.79 Å². The number of thiophene rings is 1. The molecule has 4 rings (SSSR count). The summed E-state index contributed by atoms with van der Waals surface area (Å²) in [5.74, 6) is 1.07. The largest absolute Gasteiger partial charge is 0.342 e. The quantitative estimate of drug-likeness (QED) is 0.694. The van der Waals surface area contributed by atoms with Gasteiger partial charge in [-0.2, -0.15) is 10.2 Å². The Labute approximate surface area is 154 Å². The molecule has 130 valence electrons. The van der Waals surface area contributed by atoms with Crippen molar-refractivity contribution in [3.8, 4) is 17.5 Å². The minimum absolute atomic E-state index is 0.0401. The second kappa shape index (κ2) is 7.10. The summed E-state index contributed by atoms with van der Waals surface area (Å²) in [6.45, 7) is 1.34. The van der Waals surface area contributed by atoms with Crippen molar-refractivity contribution in [2.45, 2.75) is 18.8 Å². The average molecular weight is 364 g/mol. The van der Waals surface area contributed by atoms with E-state index in [0.717, 1.165) is 18.5 Å². The maximum Gasteiger partial charge on any atom is 0.257 e. The summed E-state index contributed by atoms with van der Waals surface area (Å²) in [7, 11) is 0. The molecule has 1 atom stereocenters.